The topological polar surface area (TPSA) is 47.7 Å². The maximum absolute atomic E-state index is 5.79. The lowest BCUT2D eigenvalue weighted by molar-refractivity contribution is 0.228. The van der Waals surface area contributed by atoms with Gasteiger partial charge in [0.15, 0.2) is 11.5 Å². The zero-order valence-electron chi connectivity index (χ0n) is 14.0. The molecule has 0 spiro atoms. The molecule has 2 aromatic rings. The monoisotopic (exact) mass is 312 g/mol. The van der Waals surface area contributed by atoms with Crippen LogP contribution in [0.25, 0.3) is 0 Å². The molecule has 1 aliphatic rings. The van der Waals surface area contributed by atoms with E-state index in [0.29, 0.717) is 6.04 Å². The second-order valence-corrected chi connectivity index (χ2v) is 6.10. The maximum Gasteiger partial charge on any atom is 0.161 e. The summed E-state index contributed by atoms with van der Waals surface area (Å²) in [6, 6.07) is 12.7. The van der Waals surface area contributed by atoms with Gasteiger partial charge in [0.2, 0.25) is 0 Å². The van der Waals surface area contributed by atoms with Crippen LogP contribution in [0.4, 0.5) is 5.69 Å². The van der Waals surface area contributed by atoms with Gasteiger partial charge in [-0.05, 0) is 60.8 Å². The van der Waals surface area contributed by atoms with E-state index in [1.807, 2.05) is 12.1 Å². The van der Waals surface area contributed by atoms with Gasteiger partial charge in [-0.2, -0.15) is 0 Å². The molecule has 0 saturated carbocycles. The van der Waals surface area contributed by atoms with Crippen LogP contribution in [0.3, 0.4) is 0 Å². The van der Waals surface area contributed by atoms with Crippen molar-refractivity contribution in [1.29, 1.82) is 0 Å². The Morgan fingerprint density at radius 1 is 1.09 bits per heavy atom. The van der Waals surface area contributed by atoms with Gasteiger partial charge < -0.3 is 15.2 Å². The Bertz CT molecular complexity index is 683. The van der Waals surface area contributed by atoms with Crippen molar-refractivity contribution in [2.24, 2.45) is 0 Å². The second-order valence-electron chi connectivity index (χ2n) is 6.10. The van der Waals surface area contributed by atoms with Crippen molar-refractivity contribution < 1.29 is 9.47 Å². The van der Waals surface area contributed by atoms with Crippen LogP contribution in [0, 0.1) is 0 Å². The molecule has 0 radical (unpaired) electrons. The van der Waals surface area contributed by atoms with Crippen LogP contribution in [0.5, 0.6) is 11.5 Å². The Morgan fingerprint density at radius 3 is 2.39 bits per heavy atom. The Kier molecular flexibility index (Phi) is 4.44. The van der Waals surface area contributed by atoms with E-state index in [4.69, 9.17) is 15.2 Å². The number of hydrogen-bond donors (Lipinski definition) is 1. The molecular weight excluding hydrogens is 288 g/mol. The standard InChI is InChI=1S/C19H24N2O2/c1-21-9-8-14-11-18(22-2)19(23-3)12-16(14)17(21)10-13-4-6-15(20)7-5-13/h4-7,11-12,17H,8-10,20H2,1-3H3/t17-/m0/s1. The normalized spacial score (nSPS) is 17.6. The van der Waals surface area contributed by atoms with E-state index in [1.165, 1.54) is 16.7 Å². The molecule has 0 unspecified atom stereocenters. The van der Waals surface area contributed by atoms with E-state index in [0.717, 1.165) is 36.6 Å². The minimum Gasteiger partial charge on any atom is -0.493 e. The Labute approximate surface area is 137 Å². The molecule has 4 heteroatoms. The molecule has 1 heterocycles. The molecule has 2 N–H and O–H groups in total. The molecule has 0 amide bonds. The predicted molar refractivity (Wildman–Crippen MR) is 93.2 cm³/mol. The summed E-state index contributed by atoms with van der Waals surface area (Å²) < 4.78 is 10.9. The van der Waals surface area contributed by atoms with E-state index in [-0.39, 0.29) is 0 Å². The third kappa shape index (κ3) is 3.13. The van der Waals surface area contributed by atoms with Crippen LogP contribution < -0.4 is 15.2 Å². The number of nitrogens with zero attached hydrogens (tertiary/aromatic N) is 1. The van der Waals surface area contributed by atoms with Gasteiger partial charge in [0.1, 0.15) is 0 Å². The number of methoxy groups -OCH3 is 2. The Morgan fingerprint density at radius 2 is 1.74 bits per heavy atom. The average molecular weight is 312 g/mol. The number of fused-ring (bicyclic) bond motifs is 1. The summed E-state index contributed by atoms with van der Waals surface area (Å²) in [6.45, 7) is 1.04. The molecule has 3 rings (SSSR count). The summed E-state index contributed by atoms with van der Waals surface area (Å²) in [6.07, 6.45) is 1.99. The van der Waals surface area contributed by atoms with Gasteiger partial charge in [0.25, 0.3) is 0 Å². The molecule has 0 aromatic heterocycles. The minimum absolute atomic E-state index is 0.335. The highest BCUT2D eigenvalue weighted by Gasteiger charge is 2.26. The fraction of sp³-hybridized carbons (Fsp3) is 0.368. The molecule has 2 aromatic carbocycles. The summed E-state index contributed by atoms with van der Waals surface area (Å²) in [7, 11) is 5.55. The molecule has 1 atom stereocenters. The van der Waals surface area contributed by atoms with Gasteiger partial charge in [0, 0.05) is 18.3 Å². The number of rotatable bonds is 4. The van der Waals surface area contributed by atoms with Crippen molar-refractivity contribution in [3.63, 3.8) is 0 Å². The molecule has 0 fully saturated rings. The van der Waals surface area contributed by atoms with Crippen molar-refractivity contribution in [1.82, 2.24) is 4.90 Å². The summed E-state index contributed by atoms with van der Waals surface area (Å²) in [5.41, 5.74) is 10.6. The largest absolute Gasteiger partial charge is 0.493 e. The summed E-state index contributed by atoms with van der Waals surface area (Å²) in [4.78, 5) is 2.41. The first-order chi connectivity index (χ1) is 11.1. The van der Waals surface area contributed by atoms with E-state index < -0.39 is 0 Å². The van der Waals surface area contributed by atoms with E-state index in [9.17, 15) is 0 Å². The first-order valence-electron chi connectivity index (χ1n) is 7.92. The highest BCUT2D eigenvalue weighted by atomic mass is 16.5. The third-order valence-corrected chi connectivity index (χ3v) is 4.68. The smallest absolute Gasteiger partial charge is 0.161 e. The fourth-order valence-corrected chi connectivity index (χ4v) is 3.30. The number of nitrogens with two attached hydrogens (primary N) is 1. The molecule has 0 aliphatic carbocycles. The van der Waals surface area contributed by atoms with Gasteiger partial charge in [-0.1, -0.05) is 12.1 Å². The first kappa shape index (κ1) is 15.7. The summed E-state index contributed by atoms with van der Waals surface area (Å²) >= 11 is 0. The van der Waals surface area contributed by atoms with Crippen molar-refractivity contribution in [3.8, 4) is 11.5 Å². The van der Waals surface area contributed by atoms with Crippen LogP contribution in [0.1, 0.15) is 22.7 Å². The second kappa shape index (κ2) is 6.50. The van der Waals surface area contributed by atoms with Gasteiger partial charge in [-0.3, -0.25) is 4.90 Å². The van der Waals surface area contributed by atoms with Gasteiger partial charge in [0.05, 0.1) is 14.2 Å². The highest BCUT2D eigenvalue weighted by Crippen LogP contribution is 2.38. The zero-order valence-corrected chi connectivity index (χ0v) is 14.0. The lowest BCUT2D eigenvalue weighted by atomic mass is 9.88. The van der Waals surface area contributed by atoms with Gasteiger partial charge >= 0.3 is 0 Å². The average Bonchev–Trinajstić information content (AvgIpc) is 2.58. The number of benzene rings is 2. The number of likely N-dealkylation sites (N-methyl/N-ethyl adjacent to an activating group) is 1. The maximum atomic E-state index is 5.79. The Hall–Kier alpha value is -2.20. The molecule has 0 saturated heterocycles. The van der Waals surface area contributed by atoms with Crippen molar-refractivity contribution in [3.05, 3.63) is 53.1 Å². The van der Waals surface area contributed by atoms with Crippen molar-refractivity contribution in [2.45, 2.75) is 18.9 Å². The van der Waals surface area contributed by atoms with E-state index in [1.54, 1.807) is 14.2 Å². The highest BCUT2D eigenvalue weighted by molar-refractivity contribution is 5.50. The predicted octanol–water partition coefficient (Wildman–Crippen LogP) is 3.06. The minimum atomic E-state index is 0.335. The fourth-order valence-electron chi connectivity index (χ4n) is 3.30. The third-order valence-electron chi connectivity index (χ3n) is 4.68. The molecule has 122 valence electrons. The number of ether oxygens (including phenoxy) is 2. The van der Waals surface area contributed by atoms with Crippen LogP contribution in [0.2, 0.25) is 0 Å². The molecule has 4 nitrogen and oxygen atoms in total. The zero-order chi connectivity index (χ0) is 16.4. The first-order valence-corrected chi connectivity index (χ1v) is 7.92. The summed E-state index contributed by atoms with van der Waals surface area (Å²) in [5, 5.41) is 0. The van der Waals surface area contributed by atoms with Gasteiger partial charge in [-0.15, -0.1) is 0 Å². The Balaban J connectivity index is 1.96. The SMILES string of the molecule is COc1cc2c(cc1OC)[C@H](Cc1ccc(N)cc1)N(C)CC2. The van der Waals surface area contributed by atoms with Crippen molar-refractivity contribution >= 4 is 5.69 Å². The van der Waals surface area contributed by atoms with Crippen LogP contribution in [0.15, 0.2) is 36.4 Å². The van der Waals surface area contributed by atoms with Crippen LogP contribution in [-0.4, -0.2) is 32.7 Å². The van der Waals surface area contributed by atoms with Gasteiger partial charge in [-0.25, -0.2) is 0 Å². The number of anilines is 1. The van der Waals surface area contributed by atoms with Crippen molar-refractivity contribution in [2.75, 3.05) is 33.5 Å². The number of nitrogen functional groups attached to an aromatic ring is 1. The molecule has 0 bridgehead atoms. The van der Waals surface area contributed by atoms with E-state index >= 15 is 0 Å². The van der Waals surface area contributed by atoms with Crippen LogP contribution >= 0.6 is 0 Å². The quantitative estimate of drug-likeness (QED) is 0.882. The molecule has 23 heavy (non-hydrogen) atoms. The lowest BCUT2D eigenvalue weighted by Gasteiger charge is -2.35. The molecule has 1 aliphatic heterocycles. The number of hydrogen-bond acceptors (Lipinski definition) is 4. The molecular formula is C19H24N2O2. The summed E-state index contributed by atoms with van der Waals surface area (Å²) in [5.74, 6) is 1.60. The van der Waals surface area contributed by atoms with Crippen LogP contribution in [-0.2, 0) is 12.8 Å². The lowest BCUT2D eigenvalue weighted by Crippen LogP contribution is -2.33. The van der Waals surface area contributed by atoms with E-state index in [2.05, 4.69) is 36.2 Å².